The number of aliphatic hydroxyl groups excluding tert-OH is 1. The van der Waals surface area contributed by atoms with Gasteiger partial charge < -0.3 is 20.5 Å². The van der Waals surface area contributed by atoms with E-state index in [1.807, 2.05) is 0 Å². The summed E-state index contributed by atoms with van der Waals surface area (Å²) >= 11 is 0. The number of aromatic nitrogens is 3. The van der Waals surface area contributed by atoms with E-state index in [0.29, 0.717) is 24.9 Å². The van der Waals surface area contributed by atoms with Gasteiger partial charge in [-0.3, -0.25) is 14.6 Å². The Morgan fingerprint density at radius 1 is 1.14 bits per heavy atom. The molecule has 3 heterocycles. The van der Waals surface area contributed by atoms with Crippen molar-refractivity contribution >= 4 is 11.8 Å². The molecule has 9 heteroatoms. The Balaban J connectivity index is 1.47. The van der Waals surface area contributed by atoms with Gasteiger partial charge in [0.15, 0.2) is 0 Å². The summed E-state index contributed by atoms with van der Waals surface area (Å²) in [6.07, 6.45) is 6.69. The van der Waals surface area contributed by atoms with Crippen LogP contribution < -0.4 is 10.6 Å². The zero-order valence-electron chi connectivity index (χ0n) is 15.3. The van der Waals surface area contributed by atoms with Crippen molar-refractivity contribution in [2.24, 2.45) is 0 Å². The summed E-state index contributed by atoms with van der Waals surface area (Å²) in [5.74, 6) is -0.393. The number of amides is 2. The van der Waals surface area contributed by atoms with E-state index in [1.54, 1.807) is 36.8 Å². The zero-order valence-corrected chi connectivity index (χ0v) is 15.3. The van der Waals surface area contributed by atoms with Crippen LogP contribution in [0.1, 0.15) is 35.3 Å². The summed E-state index contributed by atoms with van der Waals surface area (Å²) in [6.45, 7) is 0.0858. The molecule has 1 aliphatic rings. The van der Waals surface area contributed by atoms with Crippen molar-refractivity contribution in [1.82, 2.24) is 25.6 Å². The van der Waals surface area contributed by atoms with Crippen LogP contribution in [0, 0.1) is 0 Å². The van der Waals surface area contributed by atoms with Crippen LogP contribution in [0.15, 0.2) is 43.1 Å². The van der Waals surface area contributed by atoms with Crippen LogP contribution in [-0.4, -0.2) is 56.7 Å². The molecule has 1 fully saturated rings. The highest BCUT2D eigenvalue weighted by molar-refractivity contribution is 5.94. The topological polar surface area (TPSA) is 126 Å². The maximum absolute atomic E-state index is 12.3. The number of hydrogen-bond acceptors (Lipinski definition) is 7. The second-order valence-electron chi connectivity index (χ2n) is 6.55. The fourth-order valence-corrected chi connectivity index (χ4v) is 3.09. The number of pyridine rings is 1. The lowest BCUT2D eigenvalue weighted by Crippen LogP contribution is -2.51. The van der Waals surface area contributed by atoms with Gasteiger partial charge >= 0.3 is 0 Å². The Bertz CT molecular complexity index is 774. The Morgan fingerprint density at radius 2 is 1.93 bits per heavy atom. The molecule has 2 aromatic heterocycles. The van der Waals surface area contributed by atoms with Crippen molar-refractivity contribution in [2.45, 2.75) is 44.1 Å². The number of carbonyl (C=O) groups is 2. The lowest BCUT2D eigenvalue weighted by molar-refractivity contribution is -0.131. The first-order chi connectivity index (χ1) is 13.7. The number of ether oxygens (including phenoxy) is 1. The Morgan fingerprint density at radius 3 is 2.64 bits per heavy atom. The predicted octanol–water partition coefficient (Wildman–Crippen LogP) is 0.216. The minimum absolute atomic E-state index is 0.153. The molecule has 0 spiro atoms. The van der Waals surface area contributed by atoms with Crippen LogP contribution in [0.2, 0.25) is 0 Å². The number of nitrogens with zero attached hydrogens (tertiary/aromatic N) is 3. The van der Waals surface area contributed by atoms with Crippen LogP contribution in [0.4, 0.5) is 0 Å². The summed E-state index contributed by atoms with van der Waals surface area (Å²) < 4.78 is 5.84. The third kappa shape index (κ3) is 5.54. The molecule has 1 aliphatic heterocycles. The van der Waals surface area contributed by atoms with Crippen molar-refractivity contribution in [3.8, 4) is 0 Å². The quantitative estimate of drug-likeness (QED) is 0.622. The highest BCUT2D eigenvalue weighted by atomic mass is 16.5. The van der Waals surface area contributed by atoms with Gasteiger partial charge in [0.25, 0.3) is 5.91 Å². The first-order valence-electron chi connectivity index (χ1n) is 9.14. The van der Waals surface area contributed by atoms with Crippen molar-refractivity contribution in [3.05, 3.63) is 54.4 Å². The Hall–Kier alpha value is -2.91. The molecule has 0 bridgehead atoms. The average molecular weight is 385 g/mol. The molecular weight excluding hydrogens is 362 g/mol. The van der Waals surface area contributed by atoms with E-state index >= 15 is 0 Å². The van der Waals surface area contributed by atoms with E-state index in [4.69, 9.17) is 4.74 Å². The molecule has 3 atom stereocenters. The minimum atomic E-state index is -0.556. The standard InChI is InChI=1S/C19H23N5O4/c25-11-17-16(24-19(27)13-3-6-20-7-4-13)2-1-15(28-17)9-18(26)22-10-14-5-8-21-12-23-14/h3-8,12,15-17,25H,1-2,9-11H2,(H,22,26)(H,24,27)/t15-,16-,17+/m1/s1. The highest BCUT2D eigenvalue weighted by Gasteiger charge is 2.33. The van der Waals surface area contributed by atoms with E-state index in [2.05, 4.69) is 25.6 Å². The maximum Gasteiger partial charge on any atom is 0.251 e. The number of hydrogen-bond donors (Lipinski definition) is 3. The van der Waals surface area contributed by atoms with Gasteiger partial charge in [0.05, 0.1) is 37.4 Å². The molecular formula is C19H23N5O4. The van der Waals surface area contributed by atoms with E-state index in [9.17, 15) is 14.7 Å². The Labute approximate surface area is 162 Å². The van der Waals surface area contributed by atoms with Crippen molar-refractivity contribution in [2.75, 3.05) is 6.61 Å². The van der Waals surface area contributed by atoms with Crippen molar-refractivity contribution in [1.29, 1.82) is 0 Å². The lowest BCUT2D eigenvalue weighted by Gasteiger charge is -2.36. The van der Waals surface area contributed by atoms with E-state index in [1.165, 1.54) is 6.33 Å². The lowest BCUT2D eigenvalue weighted by atomic mass is 9.96. The molecule has 3 rings (SSSR count). The molecule has 0 unspecified atom stereocenters. The number of rotatable bonds is 7. The molecule has 2 amide bonds. The maximum atomic E-state index is 12.3. The first-order valence-corrected chi connectivity index (χ1v) is 9.14. The van der Waals surface area contributed by atoms with E-state index < -0.39 is 6.10 Å². The third-order valence-corrected chi connectivity index (χ3v) is 4.58. The second-order valence-corrected chi connectivity index (χ2v) is 6.55. The van der Waals surface area contributed by atoms with Crippen molar-refractivity contribution < 1.29 is 19.4 Å². The summed E-state index contributed by atoms with van der Waals surface area (Å²) in [5.41, 5.74) is 1.22. The highest BCUT2D eigenvalue weighted by Crippen LogP contribution is 2.22. The molecule has 0 radical (unpaired) electrons. The fraction of sp³-hybridized carbons (Fsp3) is 0.421. The van der Waals surface area contributed by atoms with Gasteiger partial charge in [0.1, 0.15) is 12.4 Å². The predicted molar refractivity (Wildman–Crippen MR) is 99.0 cm³/mol. The van der Waals surface area contributed by atoms with Gasteiger partial charge in [-0.15, -0.1) is 0 Å². The van der Waals surface area contributed by atoms with Crippen LogP contribution >= 0.6 is 0 Å². The van der Waals surface area contributed by atoms with Gasteiger partial charge in [-0.2, -0.15) is 0 Å². The van der Waals surface area contributed by atoms with Crippen LogP contribution in [0.5, 0.6) is 0 Å². The summed E-state index contributed by atoms with van der Waals surface area (Å²) in [4.78, 5) is 36.2. The number of nitrogens with one attached hydrogen (secondary N) is 2. The monoisotopic (exact) mass is 385 g/mol. The molecule has 0 aromatic carbocycles. The first kappa shape index (κ1) is 19.8. The van der Waals surface area contributed by atoms with Crippen LogP contribution in [-0.2, 0) is 16.1 Å². The number of aliphatic hydroxyl groups is 1. The average Bonchev–Trinajstić information content (AvgIpc) is 2.74. The normalized spacial score (nSPS) is 21.7. The third-order valence-electron chi connectivity index (χ3n) is 4.58. The van der Waals surface area contributed by atoms with Gasteiger partial charge in [-0.25, -0.2) is 9.97 Å². The zero-order chi connectivity index (χ0) is 19.8. The van der Waals surface area contributed by atoms with E-state index in [0.717, 1.165) is 5.69 Å². The van der Waals surface area contributed by atoms with Gasteiger partial charge in [-0.1, -0.05) is 0 Å². The van der Waals surface area contributed by atoms with Crippen molar-refractivity contribution in [3.63, 3.8) is 0 Å². The molecule has 148 valence electrons. The van der Waals surface area contributed by atoms with Crippen LogP contribution in [0.25, 0.3) is 0 Å². The summed E-state index contributed by atoms with van der Waals surface area (Å²) in [5, 5.41) is 15.3. The molecule has 3 N–H and O–H groups in total. The number of carbonyl (C=O) groups excluding carboxylic acids is 2. The Kier molecular flexibility index (Phi) is 6.99. The molecule has 0 saturated carbocycles. The molecule has 28 heavy (non-hydrogen) atoms. The van der Waals surface area contributed by atoms with Crippen LogP contribution in [0.3, 0.4) is 0 Å². The van der Waals surface area contributed by atoms with Gasteiger partial charge in [0, 0.05) is 24.2 Å². The molecule has 9 nitrogen and oxygen atoms in total. The largest absolute Gasteiger partial charge is 0.394 e. The minimum Gasteiger partial charge on any atom is -0.394 e. The summed E-state index contributed by atoms with van der Waals surface area (Å²) in [7, 11) is 0. The molecule has 1 saturated heterocycles. The van der Waals surface area contributed by atoms with Gasteiger partial charge in [0.2, 0.25) is 5.91 Å². The smallest absolute Gasteiger partial charge is 0.251 e. The fourth-order valence-electron chi connectivity index (χ4n) is 3.09. The summed E-state index contributed by atoms with van der Waals surface area (Å²) in [6, 6.07) is 4.66. The SMILES string of the molecule is O=C(C[C@H]1CC[C@@H](NC(=O)c2ccncc2)[C@H](CO)O1)NCc1ccncn1. The molecule has 2 aromatic rings. The second kappa shape index (κ2) is 9.86. The van der Waals surface area contributed by atoms with Gasteiger partial charge in [-0.05, 0) is 31.0 Å². The van der Waals surface area contributed by atoms with E-state index in [-0.39, 0.29) is 37.0 Å². The molecule has 0 aliphatic carbocycles.